The number of aryl methyl sites for hydroxylation is 1. The lowest BCUT2D eigenvalue weighted by atomic mass is 9.70. The lowest BCUT2D eigenvalue weighted by Crippen LogP contribution is -2.41. The summed E-state index contributed by atoms with van der Waals surface area (Å²) in [6.45, 7) is 0. The van der Waals surface area contributed by atoms with Gasteiger partial charge in [-0.2, -0.15) is 0 Å². The van der Waals surface area contributed by atoms with E-state index in [0.29, 0.717) is 23.7 Å². The van der Waals surface area contributed by atoms with Crippen molar-refractivity contribution in [1.29, 1.82) is 0 Å². The van der Waals surface area contributed by atoms with Crippen molar-refractivity contribution in [3.8, 4) is 0 Å². The van der Waals surface area contributed by atoms with Crippen molar-refractivity contribution >= 4 is 21.6 Å². The van der Waals surface area contributed by atoms with Crippen molar-refractivity contribution in [3.05, 3.63) is 23.8 Å². The molecule has 0 spiro atoms. The summed E-state index contributed by atoms with van der Waals surface area (Å²) >= 11 is 0. The number of benzene rings is 1. The van der Waals surface area contributed by atoms with Crippen molar-refractivity contribution in [2.45, 2.75) is 68.7 Å². The average Bonchev–Trinajstić information content (AvgIpc) is 2.60. The minimum atomic E-state index is -3.51. The van der Waals surface area contributed by atoms with Gasteiger partial charge < -0.3 is 5.32 Å². The van der Waals surface area contributed by atoms with Crippen molar-refractivity contribution in [1.82, 2.24) is 4.72 Å². The largest absolute Gasteiger partial charge is 0.326 e. The summed E-state index contributed by atoms with van der Waals surface area (Å²) in [4.78, 5) is 11.8. The van der Waals surface area contributed by atoms with E-state index < -0.39 is 10.0 Å². The van der Waals surface area contributed by atoms with E-state index >= 15 is 0 Å². The van der Waals surface area contributed by atoms with Gasteiger partial charge in [0.1, 0.15) is 0 Å². The van der Waals surface area contributed by atoms with E-state index in [9.17, 15) is 13.2 Å². The van der Waals surface area contributed by atoms with Gasteiger partial charge >= 0.3 is 0 Å². The minimum Gasteiger partial charge on any atom is -0.326 e. The first-order valence-electron chi connectivity index (χ1n) is 9.46. The molecule has 1 aromatic carbocycles. The van der Waals surface area contributed by atoms with E-state index in [2.05, 4.69) is 10.0 Å². The first-order chi connectivity index (χ1) is 12.0. The van der Waals surface area contributed by atoms with Crippen LogP contribution in [0.15, 0.2) is 23.1 Å². The molecule has 3 aliphatic rings. The monoisotopic (exact) mass is 362 g/mol. The molecule has 6 heteroatoms. The van der Waals surface area contributed by atoms with Gasteiger partial charge in [-0.25, -0.2) is 13.1 Å². The minimum absolute atomic E-state index is 0.00882. The van der Waals surface area contributed by atoms with Crippen molar-refractivity contribution < 1.29 is 13.2 Å². The molecule has 2 aliphatic carbocycles. The van der Waals surface area contributed by atoms with Crippen LogP contribution in [0.3, 0.4) is 0 Å². The molecule has 5 nitrogen and oxygen atoms in total. The maximum Gasteiger partial charge on any atom is 0.240 e. The van der Waals surface area contributed by atoms with Crippen LogP contribution in [0, 0.1) is 11.8 Å². The van der Waals surface area contributed by atoms with Crippen LogP contribution in [-0.2, 0) is 21.2 Å². The third-order valence-electron chi connectivity index (χ3n) is 6.14. The number of amides is 1. The van der Waals surface area contributed by atoms with E-state index in [4.69, 9.17) is 0 Å². The molecule has 2 N–H and O–H groups in total. The molecule has 0 bridgehead atoms. The second kappa shape index (κ2) is 6.72. The molecule has 2 saturated carbocycles. The number of nitrogens with one attached hydrogen (secondary N) is 2. The quantitative estimate of drug-likeness (QED) is 0.867. The standard InChI is InChI=1S/C19H26N2O3S/c22-19-10-6-15-12-17(8-9-18(15)20-19)25(23,24)21-16-7-5-13-3-1-2-4-14(13)11-16/h8-9,12-14,16,21H,1-7,10-11H2,(H,20,22)/t13-,14-,16-/m1/s1. The maximum atomic E-state index is 12.8. The molecule has 25 heavy (non-hydrogen) atoms. The highest BCUT2D eigenvalue weighted by Gasteiger charge is 2.34. The lowest BCUT2D eigenvalue weighted by molar-refractivity contribution is -0.116. The predicted molar refractivity (Wildman–Crippen MR) is 96.8 cm³/mol. The summed E-state index contributed by atoms with van der Waals surface area (Å²) in [7, 11) is -3.51. The molecular formula is C19H26N2O3S. The van der Waals surface area contributed by atoms with E-state index in [1.54, 1.807) is 18.2 Å². The first-order valence-corrected chi connectivity index (χ1v) is 10.9. The highest BCUT2D eigenvalue weighted by molar-refractivity contribution is 7.89. The SMILES string of the molecule is O=C1CCc2cc(S(=O)(=O)N[C@@H]3CC[C@H]4CCCC[C@@H]4C3)ccc2N1. The van der Waals surface area contributed by atoms with Gasteiger partial charge in [0.05, 0.1) is 4.90 Å². The topological polar surface area (TPSA) is 75.3 Å². The average molecular weight is 362 g/mol. The van der Waals surface area contributed by atoms with E-state index in [1.165, 1.54) is 25.7 Å². The Kier molecular flexibility index (Phi) is 4.58. The fourth-order valence-corrected chi connectivity index (χ4v) is 6.13. The molecule has 0 aromatic heterocycles. The molecule has 1 amide bonds. The Bertz CT molecular complexity index is 775. The Labute approximate surface area is 149 Å². The Morgan fingerprint density at radius 1 is 1.00 bits per heavy atom. The van der Waals surface area contributed by atoms with Crippen LogP contribution in [-0.4, -0.2) is 20.4 Å². The second-order valence-corrected chi connectivity index (χ2v) is 9.52. The van der Waals surface area contributed by atoms with Crippen LogP contribution < -0.4 is 10.0 Å². The van der Waals surface area contributed by atoms with Crippen LogP contribution >= 0.6 is 0 Å². The van der Waals surface area contributed by atoms with E-state index in [0.717, 1.165) is 36.4 Å². The van der Waals surface area contributed by atoms with Gasteiger partial charge in [-0.1, -0.05) is 25.7 Å². The molecule has 0 radical (unpaired) electrons. The smallest absolute Gasteiger partial charge is 0.240 e. The van der Waals surface area contributed by atoms with Gasteiger partial charge in [0.25, 0.3) is 0 Å². The number of fused-ring (bicyclic) bond motifs is 2. The number of carbonyl (C=O) groups excluding carboxylic acids is 1. The maximum absolute atomic E-state index is 12.8. The summed E-state index contributed by atoms with van der Waals surface area (Å²) in [5.41, 5.74) is 1.64. The third kappa shape index (κ3) is 3.60. The van der Waals surface area contributed by atoms with Crippen LogP contribution in [0.1, 0.15) is 56.9 Å². The number of hydrogen-bond donors (Lipinski definition) is 2. The summed E-state index contributed by atoms with van der Waals surface area (Å²) in [5, 5.41) is 2.80. The van der Waals surface area contributed by atoms with E-state index in [-0.39, 0.29) is 11.9 Å². The molecule has 2 fully saturated rings. The highest BCUT2D eigenvalue weighted by Crippen LogP contribution is 2.40. The molecule has 1 heterocycles. The van der Waals surface area contributed by atoms with Crippen molar-refractivity contribution in [2.75, 3.05) is 5.32 Å². The van der Waals surface area contributed by atoms with Crippen LogP contribution in [0.4, 0.5) is 5.69 Å². The number of rotatable bonds is 3. The van der Waals surface area contributed by atoms with Crippen LogP contribution in [0.25, 0.3) is 0 Å². The molecule has 136 valence electrons. The van der Waals surface area contributed by atoms with E-state index in [1.807, 2.05) is 0 Å². The fraction of sp³-hybridized carbons (Fsp3) is 0.632. The Balaban J connectivity index is 1.47. The fourth-order valence-electron chi connectivity index (χ4n) is 4.79. The van der Waals surface area contributed by atoms with Gasteiger partial charge in [0, 0.05) is 18.2 Å². The number of anilines is 1. The van der Waals surface area contributed by atoms with Gasteiger partial charge in [-0.15, -0.1) is 0 Å². The molecule has 1 aliphatic heterocycles. The summed E-state index contributed by atoms with van der Waals surface area (Å²) < 4.78 is 28.6. The Morgan fingerprint density at radius 3 is 2.64 bits per heavy atom. The second-order valence-electron chi connectivity index (χ2n) is 7.80. The molecule has 3 atom stereocenters. The summed E-state index contributed by atoms with van der Waals surface area (Å²) in [6.07, 6.45) is 9.27. The molecule has 4 rings (SSSR count). The predicted octanol–water partition coefficient (Wildman–Crippen LogP) is 3.21. The van der Waals surface area contributed by atoms with Gasteiger partial charge in [0.15, 0.2) is 0 Å². The zero-order chi connectivity index (χ0) is 17.4. The van der Waals surface area contributed by atoms with Crippen LogP contribution in [0.5, 0.6) is 0 Å². The van der Waals surface area contributed by atoms with Crippen molar-refractivity contribution in [3.63, 3.8) is 0 Å². The first kappa shape index (κ1) is 17.0. The zero-order valence-corrected chi connectivity index (χ0v) is 15.3. The van der Waals surface area contributed by atoms with Gasteiger partial charge in [-0.05, 0) is 61.3 Å². The molecular weight excluding hydrogens is 336 g/mol. The molecule has 0 unspecified atom stereocenters. The molecule has 1 aromatic rings. The number of hydrogen-bond acceptors (Lipinski definition) is 3. The Hall–Kier alpha value is -1.40. The Morgan fingerprint density at radius 2 is 1.80 bits per heavy atom. The lowest BCUT2D eigenvalue weighted by Gasteiger charge is -2.39. The highest BCUT2D eigenvalue weighted by atomic mass is 32.2. The van der Waals surface area contributed by atoms with Gasteiger partial charge in [0.2, 0.25) is 15.9 Å². The van der Waals surface area contributed by atoms with Crippen LogP contribution in [0.2, 0.25) is 0 Å². The van der Waals surface area contributed by atoms with Crippen molar-refractivity contribution in [2.24, 2.45) is 11.8 Å². The zero-order valence-electron chi connectivity index (χ0n) is 14.5. The van der Waals surface area contributed by atoms with Gasteiger partial charge in [-0.3, -0.25) is 4.79 Å². The molecule has 0 saturated heterocycles. The normalized spacial score (nSPS) is 29.4. The number of carbonyl (C=O) groups is 1. The third-order valence-corrected chi connectivity index (χ3v) is 7.66. The summed E-state index contributed by atoms with van der Waals surface area (Å²) in [6, 6.07) is 5.07. The summed E-state index contributed by atoms with van der Waals surface area (Å²) in [5.74, 6) is 1.49. The number of sulfonamides is 1.